The second-order valence-electron chi connectivity index (χ2n) is 6.93. The van der Waals surface area contributed by atoms with Crippen molar-refractivity contribution < 1.29 is 0 Å². The lowest BCUT2D eigenvalue weighted by Crippen LogP contribution is -2.40. The highest BCUT2D eigenvalue weighted by Crippen LogP contribution is 2.27. The summed E-state index contributed by atoms with van der Waals surface area (Å²) in [5, 5.41) is 8.67. The minimum atomic E-state index is 0.732. The van der Waals surface area contributed by atoms with Crippen molar-refractivity contribution in [3.63, 3.8) is 0 Å². The molecule has 2 aliphatic rings. The standard InChI is InChI=1S/C18H24ClN5/c19-16-4-3-15(18(10-16)24-13-20-12-22-24)11-23-8-5-14(6-9-23)17-2-1-7-21-17/h3-4,10,12-14,17,21H,1-2,5-9,11H2. The molecule has 0 radical (unpaired) electrons. The van der Waals surface area contributed by atoms with Crippen LogP contribution in [0.15, 0.2) is 30.9 Å². The number of benzene rings is 1. The second kappa shape index (κ2) is 7.21. The number of nitrogens with one attached hydrogen (secondary N) is 1. The summed E-state index contributed by atoms with van der Waals surface area (Å²) in [6.45, 7) is 4.48. The maximum atomic E-state index is 6.19. The van der Waals surface area contributed by atoms with Crippen LogP contribution in [-0.2, 0) is 6.54 Å². The quantitative estimate of drug-likeness (QED) is 0.925. The van der Waals surface area contributed by atoms with E-state index in [0.29, 0.717) is 0 Å². The van der Waals surface area contributed by atoms with Crippen molar-refractivity contribution >= 4 is 11.6 Å². The van der Waals surface area contributed by atoms with Gasteiger partial charge in [-0.1, -0.05) is 17.7 Å². The van der Waals surface area contributed by atoms with Crippen LogP contribution in [0.25, 0.3) is 5.69 Å². The van der Waals surface area contributed by atoms with Gasteiger partial charge in [-0.05, 0) is 68.9 Å². The molecule has 1 atom stereocenters. The van der Waals surface area contributed by atoms with Gasteiger partial charge in [0.1, 0.15) is 12.7 Å². The summed E-state index contributed by atoms with van der Waals surface area (Å²) in [4.78, 5) is 6.61. The number of nitrogens with zero attached hydrogens (tertiary/aromatic N) is 4. The molecule has 0 saturated carbocycles. The molecule has 128 valence electrons. The van der Waals surface area contributed by atoms with Crippen LogP contribution >= 0.6 is 11.6 Å². The van der Waals surface area contributed by atoms with Crippen LogP contribution in [0.3, 0.4) is 0 Å². The van der Waals surface area contributed by atoms with Crippen molar-refractivity contribution in [1.29, 1.82) is 0 Å². The highest BCUT2D eigenvalue weighted by Gasteiger charge is 2.28. The lowest BCUT2D eigenvalue weighted by molar-refractivity contribution is 0.157. The zero-order chi connectivity index (χ0) is 16.4. The zero-order valence-corrected chi connectivity index (χ0v) is 14.6. The summed E-state index contributed by atoms with van der Waals surface area (Å²) in [7, 11) is 0. The van der Waals surface area contributed by atoms with Gasteiger partial charge in [0, 0.05) is 17.6 Å². The minimum absolute atomic E-state index is 0.732. The molecule has 1 unspecified atom stereocenters. The number of halogens is 1. The van der Waals surface area contributed by atoms with Gasteiger partial charge in [-0.15, -0.1) is 0 Å². The first-order valence-electron chi connectivity index (χ1n) is 8.89. The molecule has 0 spiro atoms. The molecule has 1 N–H and O–H groups in total. The molecule has 1 aromatic heterocycles. The first-order chi connectivity index (χ1) is 11.8. The third kappa shape index (κ3) is 3.48. The van der Waals surface area contributed by atoms with E-state index >= 15 is 0 Å². The monoisotopic (exact) mass is 345 g/mol. The third-order valence-corrected chi connectivity index (χ3v) is 5.64. The molecule has 0 bridgehead atoms. The topological polar surface area (TPSA) is 46.0 Å². The van der Waals surface area contributed by atoms with Gasteiger partial charge in [0.15, 0.2) is 0 Å². The van der Waals surface area contributed by atoms with Crippen LogP contribution in [0.4, 0.5) is 0 Å². The molecule has 0 aliphatic carbocycles. The molecule has 1 aromatic carbocycles. The summed E-state index contributed by atoms with van der Waals surface area (Å²) >= 11 is 6.19. The number of likely N-dealkylation sites (tertiary alicyclic amines) is 1. The number of rotatable bonds is 4. The van der Waals surface area contributed by atoms with E-state index in [1.807, 2.05) is 12.1 Å². The van der Waals surface area contributed by atoms with Crippen molar-refractivity contribution in [3.8, 4) is 5.69 Å². The van der Waals surface area contributed by atoms with Crippen molar-refractivity contribution in [2.75, 3.05) is 19.6 Å². The number of piperidine rings is 1. The Bertz CT molecular complexity index is 658. The number of hydrogen-bond acceptors (Lipinski definition) is 4. The van der Waals surface area contributed by atoms with Crippen LogP contribution in [0, 0.1) is 5.92 Å². The lowest BCUT2D eigenvalue weighted by Gasteiger charge is -2.35. The van der Waals surface area contributed by atoms with Gasteiger partial charge in [-0.3, -0.25) is 4.90 Å². The Morgan fingerprint density at radius 1 is 1.21 bits per heavy atom. The molecule has 2 aromatic rings. The summed E-state index contributed by atoms with van der Waals surface area (Å²) in [6.07, 6.45) is 8.58. The Hall–Kier alpha value is -1.43. The van der Waals surface area contributed by atoms with E-state index in [0.717, 1.165) is 29.2 Å². The Kier molecular flexibility index (Phi) is 4.83. The van der Waals surface area contributed by atoms with Gasteiger partial charge >= 0.3 is 0 Å². The molecular formula is C18H24ClN5. The average Bonchev–Trinajstić information content (AvgIpc) is 3.31. The van der Waals surface area contributed by atoms with Gasteiger partial charge in [-0.2, -0.15) is 5.10 Å². The maximum Gasteiger partial charge on any atom is 0.138 e. The maximum absolute atomic E-state index is 6.19. The lowest BCUT2D eigenvalue weighted by atomic mass is 9.88. The molecule has 2 aliphatic heterocycles. The molecule has 4 rings (SSSR count). The van der Waals surface area contributed by atoms with Crippen molar-refractivity contribution in [3.05, 3.63) is 41.4 Å². The minimum Gasteiger partial charge on any atom is -0.314 e. The fourth-order valence-electron chi connectivity index (χ4n) is 4.08. The van der Waals surface area contributed by atoms with Crippen LogP contribution in [0.1, 0.15) is 31.2 Å². The number of hydrogen-bond donors (Lipinski definition) is 1. The van der Waals surface area contributed by atoms with E-state index in [9.17, 15) is 0 Å². The van der Waals surface area contributed by atoms with Crippen LogP contribution < -0.4 is 5.32 Å². The highest BCUT2D eigenvalue weighted by atomic mass is 35.5. The smallest absolute Gasteiger partial charge is 0.138 e. The molecule has 6 heteroatoms. The largest absolute Gasteiger partial charge is 0.314 e. The summed E-state index contributed by atoms with van der Waals surface area (Å²) in [6, 6.07) is 6.81. The van der Waals surface area contributed by atoms with Crippen LogP contribution in [0.2, 0.25) is 5.02 Å². The van der Waals surface area contributed by atoms with Crippen molar-refractivity contribution in [1.82, 2.24) is 25.0 Å². The van der Waals surface area contributed by atoms with Crippen molar-refractivity contribution in [2.45, 2.75) is 38.3 Å². The molecule has 3 heterocycles. The van der Waals surface area contributed by atoms with Gasteiger partial charge in [0.05, 0.1) is 5.69 Å². The van der Waals surface area contributed by atoms with Gasteiger partial charge in [-0.25, -0.2) is 9.67 Å². The summed E-state index contributed by atoms with van der Waals surface area (Å²) in [5.74, 6) is 0.851. The third-order valence-electron chi connectivity index (χ3n) is 5.41. The number of aromatic nitrogens is 3. The predicted octanol–water partition coefficient (Wildman–Crippen LogP) is 2.88. The highest BCUT2D eigenvalue weighted by molar-refractivity contribution is 6.30. The van der Waals surface area contributed by atoms with E-state index < -0.39 is 0 Å². The molecule has 0 amide bonds. The van der Waals surface area contributed by atoms with E-state index in [2.05, 4.69) is 26.4 Å². The van der Waals surface area contributed by atoms with E-state index in [-0.39, 0.29) is 0 Å². The fraction of sp³-hybridized carbons (Fsp3) is 0.556. The average molecular weight is 346 g/mol. The normalized spacial score (nSPS) is 23.0. The van der Waals surface area contributed by atoms with E-state index in [1.54, 1.807) is 17.3 Å². The Labute approximate surface area is 148 Å². The van der Waals surface area contributed by atoms with Crippen LogP contribution in [0.5, 0.6) is 0 Å². The molecular weight excluding hydrogens is 322 g/mol. The second-order valence-corrected chi connectivity index (χ2v) is 7.37. The first kappa shape index (κ1) is 16.1. The van der Waals surface area contributed by atoms with Gasteiger partial charge in [0.25, 0.3) is 0 Å². The van der Waals surface area contributed by atoms with E-state index in [1.165, 1.54) is 50.9 Å². The predicted molar refractivity (Wildman–Crippen MR) is 95.4 cm³/mol. The Morgan fingerprint density at radius 2 is 2.08 bits per heavy atom. The van der Waals surface area contributed by atoms with Crippen LogP contribution in [-0.4, -0.2) is 45.3 Å². The summed E-state index contributed by atoms with van der Waals surface area (Å²) < 4.78 is 1.80. The van der Waals surface area contributed by atoms with E-state index in [4.69, 9.17) is 11.6 Å². The van der Waals surface area contributed by atoms with Crippen molar-refractivity contribution in [2.24, 2.45) is 5.92 Å². The Morgan fingerprint density at radius 3 is 2.79 bits per heavy atom. The molecule has 2 fully saturated rings. The molecule has 24 heavy (non-hydrogen) atoms. The van der Waals surface area contributed by atoms with Gasteiger partial charge in [0.2, 0.25) is 0 Å². The Balaban J connectivity index is 1.43. The SMILES string of the molecule is Clc1ccc(CN2CCC(C3CCCN3)CC2)c(-n2cncn2)c1. The fourth-order valence-corrected chi connectivity index (χ4v) is 4.25. The molecule has 2 saturated heterocycles. The molecule has 5 nitrogen and oxygen atoms in total. The first-order valence-corrected chi connectivity index (χ1v) is 9.26. The zero-order valence-electron chi connectivity index (χ0n) is 13.9. The summed E-state index contributed by atoms with van der Waals surface area (Å²) in [5.41, 5.74) is 2.28. The van der Waals surface area contributed by atoms with Gasteiger partial charge < -0.3 is 5.32 Å².